The van der Waals surface area contributed by atoms with Gasteiger partial charge in [0, 0.05) is 56.9 Å². The number of fused-ring (bicyclic) bond motifs is 1. The zero-order valence-electron chi connectivity index (χ0n) is 14.3. The Balaban J connectivity index is 1.53. The smallest absolute Gasteiger partial charge is 0.410 e. The Morgan fingerprint density at radius 1 is 1.21 bits per heavy atom. The van der Waals surface area contributed by atoms with Crippen molar-refractivity contribution in [3.8, 4) is 5.75 Å². The van der Waals surface area contributed by atoms with E-state index in [9.17, 15) is 4.79 Å². The number of nitrogens with zero attached hydrogens (tertiary/aromatic N) is 4. The van der Waals surface area contributed by atoms with Crippen LogP contribution < -0.4 is 4.74 Å². The van der Waals surface area contributed by atoms with E-state index in [4.69, 9.17) is 4.74 Å². The third-order valence-electron chi connectivity index (χ3n) is 4.28. The maximum atomic E-state index is 12.3. The Hall–Kier alpha value is -2.18. The number of rotatable bonds is 4. The zero-order chi connectivity index (χ0) is 16.9. The number of benzene rings is 1. The molecule has 1 amide bonds. The van der Waals surface area contributed by atoms with Gasteiger partial charge < -0.3 is 14.5 Å². The summed E-state index contributed by atoms with van der Waals surface area (Å²) in [4.78, 5) is 22.9. The van der Waals surface area contributed by atoms with Crippen LogP contribution in [0.1, 0.15) is 0 Å². The van der Waals surface area contributed by atoms with E-state index in [1.165, 1.54) is 0 Å². The minimum atomic E-state index is -0.280. The highest BCUT2D eigenvalue weighted by Gasteiger charge is 2.22. The summed E-state index contributed by atoms with van der Waals surface area (Å²) in [5.74, 6) is 0.543. The Bertz CT molecular complexity index is 696. The van der Waals surface area contributed by atoms with E-state index in [0.29, 0.717) is 18.8 Å². The molecule has 0 unspecified atom stereocenters. The number of amides is 1. The lowest BCUT2D eigenvalue weighted by molar-refractivity contribution is 0.107. The fourth-order valence-electron chi connectivity index (χ4n) is 2.77. The molecule has 0 N–H and O–H groups in total. The first kappa shape index (κ1) is 16.7. The molecule has 1 fully saturated rings. The fourth-order valence-corrected chi connectivity index (χ4v) is 2.77. The molecule has 0 radical (unpaired) electrons. The van der Waals surface area contributed by atoms with E-state index in [1.807, 2.05) is 24.3 Å². The number of ether oxygens (including phenoxy) is 1. The molecule has 1 aromatic carbocycles. The van der Waals surface area contributed by atoms with E-state index in [1.54, 1.807) is 17.2 Å². The summed E-state index contributed by atoms with van der Waals surface area (Å²) in [6.45, 7) is 5.27. The van der Waals surface area contributed by atoms with E-state index in [2.05, 4.69) is 28.9 Å². The van der Waals surface area contributed by atoms with Gasteiger partial charge in [0.25, 0.3) is 0 Å². The van der Waals surface area contributed by atoms with Gasteiger partial charge in [0.15, 0.2) is 0 Å². The molecule has 3 rings (SSSR count). The molecule has 128 valence electrons. The van der Waals surface area contributed by atoms with Crippen molar-refractivity contribution in [1.29, 1.82) is 0 Å². The molecule has 0 atom stereocenters. The van der Waals surface area contributed by atoms with Gasteiger partial charge in [-0.3, -0.25) is 9.88 Å². The van der Waals surface area contributed by atoms with Gasteiger partial charge in [-0.2, -0.15) is 0 Å². The standard InChI is InChI=1S/C18H24N4O2/c1-20(2)8-9-21-10-12-22(13-11-21)18(23)24-16-6-5-15-4-3-7-19-17(15)14-16/h3-7,14H,8-13H2,1-2H3. The molecule has 24 heavy (non-hydrogen) atoms. The number of hydrogen-bond acceptors (Lipinski definition) is 5. The first-order valence-electron chi connectivity index (χ1n) is 8.30. The SMILES string of the molecule is CN(C)CCN1CCN(C(=O)Oc2ccc3cccnc3c2)CC1. The fraction of sp³-hybridized carbons (Fsp3) is 0.444. The number of pyridine rings is 1. The minimum absolute atomic E-state index is 0.280. The lowest BCUT2D eigenvalue weighted by Gasteiger charge is -2.34. The van der Waals surface area contributed by atoms with Crippen LogP contribution in [0.25, 0.3) is 10.9 Å². The van der Waals surface area contributed by atoms with Crippen LogP contribution in [0, 0.1) is 0 Å². The van der Waals surface area contributed by atoms with Gasteiger partial charge in [-0.25, -0.2) is 4.79 Å². The third kappa shape index (κ3) is 4.21. The highest BCUT2D eigenvalue weighted by Crippen LogP contribution is 2.19. The summed E-state index contributed by atoms with van der Waals surface area (Å²) in [6.07, 6.45) is 1.46. The summed E-state index contributed by atoms with van der Waals surface area (Å²) in [6, 6.07) is 9.42. The number of likely N-dealkylation sites (N-methyl/N-ethyl adjacent to an activating group) is 1. The Kier molecular flexibility index (Phi) is 5.27. The normalized spacial score (nSPS) is 15.9. The van der Waals surface area contributed by atoms with Crippen molar-refractivity contribution in [2.24, 2.45) is 0 Å². The van der Waals surface area contributed by atoms with Crippen LogP contribution in [-0.4, -0.2) is 79.1 Å². The van der Waals surface area contributed by atoms with Crippen molar-refractivity contribution in [3.05, 3.63) is 36.5 Å². The number of carbonyl (C=O) groups is 1. The van der Waals surface area contributed by atoms with E-state index in [-0.39, 0.29) is 6.09 Å². The number of carbonyl (C=O) groups excluding carboxylic acids is 1. The Morgan fingerprint density at radius 3 is 2.75 bits per heavy atom. The summed E-state index contributed by atoms with van der Waals surface area (Å²) < 4.78 is 5.52. The van der Waals surface area contributed by atoms with Crippen LogP contribution in [-0.2, 0) is 0 Å². The van der Waals surface area contributed by atoms with Gasteiger partial charge in [-0.05, 0) is 32.3 Å². The van der Waals surface area contributed by atoms with Gasteiger partial charge in [-0.15, -0.1) is 0 Å². The second kappa shape index (κ2) is 7.59. The van der Waals surface area contributed by atoms with Crippen LogP contribution in [0.3, 0.4) is 0 Å². The Labute approximate surface area is 142 Å². The molecule has 0 aliphatic carbocycles. The molecule has 1 aliphatic heterocycles. The maximum absolute atomic E-state index is 12.3. The summed E-state index contributed by atoms with van der Waals surface area (Å²) in [7, 11) is 4.15. The van der Waals surface area contributed by atoms with Gasteiger partial charge in [0.2, 0.25) is 0 Å². The minimum Gasteiger partial charge on any atom is -0.410 e. The average molecular weight is 328 g/mol. The van der Waals surface area contributed by atoms with E-state index in [0.717, 1.165) is 37.1 Å². The number of hydrogen-bond donors (Lipinski definition) is 0. The molecule has 2 aromatic rings. The maximum Gasteiger partial charge on any atom is 0.415 e. The first-order valence-corrected chi connectivity index (χ1v) is 8.30. The van der Waals surface area contributed by atoms with Crippen molar-refractivity contribution < 1.29 is 9.53 Å². The topological polar surface area (TPSA) is 48.9 Å². The van der Waals surface area contributed by atoms with Crippen molar-refractivity contribution in [3.63, 3.8) is 0 Å². The summed E-state index contributed by atoms with van der Waals surface area (Å²) in [5.41, 5.74) is 0.830. The summed E-state index contributed by atoms with van der Waals surface area (Å²) >= 11 is 0. The van der Waals surface area contributed by atoms with Crippen LogP contribution in [0.5, 0.6) is 5.75 Å². The number of aromatic nitrogens is 1. The molecule has 0 saturated carbocycles. The van der Waals surface area contributed by atoms with Crippen molar-refractivity contribution in [2.45, 2.75) is 0 Å². The second-order valence-corrected chi connectivity index (χ2v) is 6.36. The van der Waals surface area contributed by atoms with Crippen LogP contribution in [0.15, 0.2) is 36.5 Å². The van der Waals surface area contributed by atoms with E-state index >= 15 is 0 Å². The molecule has 1 aromatic heterocycles. The van der Waals surface area contributed by atoms with Gasteiger partial charge in [0.1, 0.15) is 5.75 Å². The monoisotopic (exact) mass is 328 g/mol. The molecule has 1 saturated heterocycles. The lowest BCUT2D eigenvalue weighted by atomic mass is 10.2. The van der Waals surface area contributed by atoms with Crippen LogP contribution in [0.4, 0.5) is 4.79 Å². The van der Waals surface area contributed by atoms with Gasteiger partial charge >= 0.3 is 6.09 Å². The highest BCUT2D eigenvalue weighted by atomic mass is 16.6. The van der Waals surface area contributed by atoms with Crippen molar-refractivity contribution in [1.82, 2.24) is 19.7 Å². The van der Waals surface area contributed by atoms with Crippen molar-refractivity contribution in [2.75, 3.05) is 53.4 Å². The molecule has 2 heterocycles. The second-order valence-electron chi connectivity index (χ2n) is 6.36. The average Bonchev–Trinajstić information content (AvgIpc) is 2.60. The highest BCUT2D eigenvalue weighted by molar-refractivity contribution is 5.81. The molecular weight excluding hydrogens is 304 g/mol. The molecular formula is C18H24N4O2. The Morgan fingerprint density at radius 2 is 2.00 bits per heavy atom. The first-order chi connectivity index (χ1) is 11.6. The van der Waals surface area contributed by atoms with Crippen LogP contribution in [0.2, 0.25) is 0 Å². The van der Waals surface area contributed by atoms with Gasteiger partial charge in [0.05, 0.1) is 5.52 Å². The largest absolute Gasteiger partial charge is 0.415 e. The quantitative estimate of drug-likeness (QED) is 0.858. The number of piperazine rings is 1. The molecule has 0 spiro atoms. The molecule has 6 nitrogen and oxygen atoms in total. The molecule has 6 heteroatoms. The van der Waals surface area contributed by atoms with E-state index < -0.39 is 0 Å². The van der Waals surface area contributed by atoms with Crippen LogP contribution >= 0.6 is 0 Å². The van der Waals surface area contributed by atoms with Crippen molar-refractivity contribution >= 4 is 17.0 Å². The molecule has 1 aliphatic rings. The van der Waals surface area contributed by atoms with Gasteiger partial charge in [-0.1, -0.05) is 6.07 Å². The summed E-state index contributed by atoms with van der Waals surface area (Å²) in [5, 5.41) is 1.03. The predicted molar refractivity (Wildman–Crippen MR) is 94.3 cm³/mol. The third-order valence-corrected chi connectivity index (χ3v) is 4.28. The lowest BCUT2D eigenvalue weighted by Crippen LogP contribution is -2.50. The molecule has 0 bridgehead atoms. The zero-order valence-corrected chi connectivity index (χ0v) is 14.3. The predicted octanol–water partition coefficient (Wildman–Crippen LogP) is 1.91.